The van der Waals surface area contributed by atoms with E-state index >= 15 is 0 Å². The summed E-state index contributed by atoms with van der Waals surface area (Å²) in [7, 11) is 0. The minimum Gasteiger partial charge on any atom is -0.319 e. The zero-order valence-corrected chi connectivity index (χ0v) is 10.6. The number of hydrogen-bond donors (Lipinski definition) is 1. The van der Waals surface area contributed by atoms with Crippen molar-refractivity contribution in [3.8, 4) is 0 Å². The summed E-state index contributed by atoms with van der Waals surface area (Å²) in [6.07, 6.45) is 1.81. The maximum atomic E-state index is 6.31. The maximum Gasteiger partial charge on any atom is 0.0723 e. The van der Waals surface area contributed by atoms with Crippen molar-refractivity contribution in [3.05, 3.63) is 53.3 Å². The third kappa shape index (κ3) is 2.39. The highest BCUT2D eigenvalue weighted by Gasteiger charge is 2.15. The molecule has 0 bridgehead atoms. The van der Waals surface area contributed by atoms with E-state index in [9.17, 15) is 0 Å². The van der Waals surface area contributed by atoms with E-state index in [0.29, 0.717) is 6.04 Å². The minimum atomic E-state index is -0.111. The van der Waals surface area contributed by atoms with Gasteiger partial charge in [0.15, 0.2) is 0 Å². The van der Waals surface area contributed by atoms with Gasteiger partial charge in [-0.2, -0.15) is 5.10 Å². The zero-order valence-electron chi connectivity index (χ0n) is 10.6. The van der Waals surface area contributed by atoms with Crippen LogP contribution in [0.25, 0.3) is 0 Å². The Morgan fingerprint density at radius 3 is 2.65 bits per heavy atom. The molecule has 0 amide bonds. The summed E-state index contributed by atoms with van der Waals surface area (Å²) in [5, 5.41) is 4.32. The number of benzene rings is 1. The van der Waals surface area contributed by atoms with Crippen LogP contribution in [0.3, 0.4) is 0 Å². The van der Waals surface area contributed by atoms with E-state index < -0.39 is 0 Å². The van der Waals surface area contributed by atoms with Crippen molar-refractivity contribution < 1.29 is 0 Å². The highest BCUT2D eigenvalue weighted by molar-refractivity contribution is 5.30. The van der Waals surface area contributed by atoms with Crippen LogP contribution in [0, 0.1) is 6.92 Å². The Hall–Kier alpha value is -1.61. The number of rotatable bonds is 3. The van der Waals surface area contributed by atoms with Gasteiger partial charge in [0.05, 0.1) is 11.7 Å². The average molecular weight is 229 g/mol. The average Bonchev–Trinajstić information content (AvgIpc) is 2.77. The van der Waals surface area contributed by atoms with E-state index in [1.807, 2.05) is 23.0 Å². The van der Waals surface area contributed by atoms with Crippen molar-refractivity contribution in [2.75, 3.05) is 0 Å². The van der Waals surface area contributed by atoms with Crippen LogP contribution in [-0.2, 0) is 0 Å². The summed E-state index contributed by atoms with van der Waals surface area (Å²) in [5.41, 5.74) is 9.73. The normalized spacial score (nSPS) is 13.0. The van der Waals surface area contributed by atoms with Gasteiger partial charge in [0, 0.05) is 12.2 Å². The highest BCUT2D eigenvalue weighted by Crippen LogP contribution is 2.22. The van der Waals surface area contributed by atoms with Crippen LogP contribution in [0.4, 0.5) is 0 Å². The van der Waals surface area contributed by atoms with Gasteiger partial charge >= 0.3 is 0 Å². The molecule has 0 aliphatic heterocycles. The van der Waals surface area contributed by atoms with E-state index in [1.54, 1.807) is 0 Å². The van der Waals surface area contributed by atoms with Gasteiger partial charge in [0.2, 0.25) is 0 Å². The van der Waals surface area contributed by atoms with Gasteiger partial charge in [-0.05, 0) is 32.4 Å². The van der Waals surface area contributed by atoms with Crippen molar-refractivity contribution in [3.63, 3.8) is 0 Å². The van der Waals surface area contributed by atoms with Crippen molar-refractivity contribution in [2.45, 2.75) is 32.9 Å². The lowest BCUT2D eigenvalue weighted by atomic mass is 10.0. The largest absolute Gasteiger partial charge is 0.319 e. The lowest BCUT2D eigenvalue weighted by molar-refractivity contribution is 0.499. The molecule has 0 aliphatic carbocycles. The predicted molar refractivity (Wildman–Crippen MR) is 69.8 cm³/mol. The molecule has 0 fully saturated rings. The quantitative estimate of drug-likeness (QED) is 0.879. The Balaban J connectivity index is 2.37. The maximum absolute atomic E-state index is 6.31. The van der Waals surface area contributed by atoms with Gasteiger partial charge in [-0.1, -0.05) is 29.8 Å². The SMILES string of the molecule is Cc1cccc(C(N)c2ccnn2C(C)C)c1. The van der Waals surface area contributed by atoms with Crippen molar-refractivity contribution in [2.24, 2.45) is 5.73 Å². The first-order valence-electron chi connectivity index (χ1n) is 5.95. The van der Waals surface area contributed by atoms with E-state index in [0.717, 1.165) is 11.3 Å². The fourth-order valence-corrected chi connectivity index (χ4v) is 2.04. The number of aryl methyl sites for hydroxylation is 1. The van der Waals surface area contributed by atoms with Crippen LogP contribution in [-0.4, -0.2) is 9.78 Å². The van der Waals surface area contributed by atoms with Crippen LogP contribution in [0.2, 0.25) is 0 Å². The molecule has 0 spiro atoms. The fourth-order valence-electron chi connectivity index (χ4n) is 2.04. The molecule has 90 valence electrons. The van der Waals surface area contributed by atoms with E-state index in [1.165, 1.54) is 5.56 Å². The monoisotopic (exact) mass is 229 g/mol. The summed E-state index contributed by atoms with van der Waals surface area (Å²) >= 11 is 0. The summed E-state index contributed by atoms with van der Waals surface area (Å²) < 4.78 is 1.98. The van der Waals surface area contributed by atoms with Crippen LogP contribution in [0.15, 0.2) is 36.5 Å². The summed E-state index contributed by atoms with van der Waals surface area (Å²) in [5.74, 6) is 0. The lowest BCUT2D eigenvalue weighted by Gasteiger charge is -2.17. The Labute approximate surface area is 102 Å². The zero-order chi connectivity index (χ0) is 12.4. The number of nitrogens with zero attached hydrogens (tertiary/aromatic N) is 2. The molecule has 1 heterocycles. The molecular formula is C14H19N3. The van der Waals surface area contributed by atoms with Crippen LogP contribution in [0.5, 0.6) is 0 Å². The number of aromatic nitrogens is 2. The molecule has 2 N–H and O–H groups in total. The molecule has 1 aromatic heterocycles. The third-order valence-electron chi connectivity index (χ3n) is 2.91. The van der Waals surface area contributed by atoms with Crippen LogP contribution < -0.4 is 5.73 Å². The Bertz CT molecular complexity index is 500. The Morgan fingerprint density at radius 2 is 2.00 bits per heavy atom. The standard InChI is InChI=1S/C14H19N3/c1-10(2)17-13(7-8-16-17)14(15)12-6-4-5-11(3)9-12/h4-10,14H,15H2,1-3H3. The highest BCUT2D eigenvalue weighted by atomic mass is 15.3. The minimum absolute atomic E-state index is 0.111. The van der Waals surface area contributed by atoms with Crippen LogP contribution in [0.1, 0.15) is 42.8 Å². The van der Waals surface area contributed by atoms with Gasteiger partial charge in [-0.15, -0.1) is 0 Å². The number of nitrogens with two attached hydrogens (primary N) is 1. The Morgan fingerprint density at radius 1 is 1.24 bits per heavy atom. The first-order valence-corrected chi connectivity index (χ1v) is 5.95. The van der Waals surface area contributed by atoms with Crippen LogP contribution >= 0.6 is 0 Å². The third-order valence-corrected chi connectivity index (χ3v) is 2.91. The summed E-state index contributed by atoms with van der Waals surface area (Å²) in [4.78, 5) is 0. The molecule has 3 heteroatoms. The molecule has 17 heavy (non-hydrogen) atoms. The second-order valence-corrected chi connectivity index (χ2v) is 4.69. The van der Waals surface area contributed by atoms with Gasteiger partial charge in [0.1, 0.15) is 0 Å². The second kappa shape index (κ2) is 4.72. The fraction of sp³-hybridized carbons (Fsp3) is 0.357. The second-order valence-electron chi connectivity index (χ2n) is 4.69. The van der Waals surface area contributed by atoms with E-state index in [2.05, 4.69) is 44.1 Å². The van der Waals surface area contributed by atoms with Crippen molar-refractivity contribution in [1.29, 1.82) is 0 Å². The van der Waals surface area contributed by atoms with Gasteiger partial charge in [0.25, 0.3) is 0 Å². The molecule has 0 saturated carbocycles. The molecule has 0 aliphatic rings. The van der Waals surface area contributed by atoms with Crippen molar-refractivity contribution >= 4 is 0 Å². The predicted octanol–water partition coefficient (Wildman–Crippen LogP) is 2.82. The van der Waals surface area contributed by atoms with Gasteiger partial charge in [-0.25, -0.2) is 0 Å². The van der Waals surface area contributed by atoms with Crippen molar-refractivity contribution in [1.82, 2.24) is 9.78 Å². The molecule has 1 atom stereocenters. The first-order chi connectivity index (χ1) is 8.09. The molecule has 0 saturated heterocycles. The Kier molecular flexibility index (Phi) is 3.29. The molecule has 0 radical (unpaired) electrons. The molecule has 1 aromatic carbocycles. The molecule has 2 rings (SSSR count). The molecular weight excluding hydrogens is 210 g/mol. The molecule has 3 nitrogen and oxygen atoms in total. The molecule has 1 unspecified atom stereocenters. The number of hydrogen-bond acceptors (Lipinski definition) is 2. The smallest absolute Gasteiger partial charge is 0.0723 e. The van der Waals surface area contributed by atoms with Gasteiger partial charge < -0.3 is 5.73 Å². The molecule has 2 aromatic rings. The summed E-state index contributed by atoms with van der Waals surface area (Å²) in [6, 6.07) is 10.5. The van der Waals surface area contributed by atoms with E-state index in [-0.39, 0.29) is 6.04 Å². The first kappa shape index (κ1) is 11.9. The summed E-state index contributed by atoms with van der Waals surface area (Å²) in [6.45, 7) is 6.30. The lowest BCUT2D eigenvalue weighted by Crippen LogP contribution is -2.18. The van der Waals surface area contributed by atoms with Gasteiger partial charge in [-0.3, -0.25) is 4.68 Å². The topological polar surface area (TPSA) is 43.8 Å². The van der Waals surface area contributed by atoms with E-state index in [4.69, 9.17) is 5.73 Å².